The third-order valence-corrected chi connectivity index (χ3v) is 6.17. The summed E-state index contributed by atoms with van der Waals surface area (Å²) in [6, 6.07) is 17.6. The minimum atomic E-state index is -0.512. The summed E-state index contributed by atoms with van der Waals surface area (Å²) in [7, 11) is 0. The van der Waals surface area contributed by atoms with Gasteiger partial charge in [0.25, 0.3) is 0 Å². The Bertz CT molecular complexity index is 840. The van der Waals surface area contributed by atoms with E-state index in [0.29, 0.717) is 23.6 Å². The molecule has 0 radical (unpaired) electrons. The van der Waals surface area contributed by atoms with Crippen molar-refractivity contribution in [2.45, 2.75) is 61.7 Å². The Morgan fingerprint density at radius 2 is 1.62 bits per heavy atom. The number of benzene rings is 2. The molecule has 5 heteroatoms. The Morgan fingerprint density at radius 3 is 2.28 bits per heavy atom. The lowest BCUT2D eigenvalue weighted by atomic mass is 9.85. The van der Waals surface area contributed by atoms with Crippen LogP contribution in [0, 0.1) is 5.92 Å². The van der Waals surface area contributed by atoms with Crippen molar-refractivity contribution in [2.75, 3.05) is 0 Å². The van der Waals surface area contributed by atoms with Crippen LogP contribution in [0.4, 0.5) is 0 Å². The Hall–Kier alpha value is -2.40. The minimum absolute atomic E-state index is 0.168. The topological polar surface area (TPSA) is 55.7 Å². The first-order chi connectivity index (χ1) is 14.1. The molecular weight excluding hydrogens is 382 g/mol. The summed E-state index contributed by atoms with van der Waals surface area (Å²) in [6.07, 6.45) is 7.69. The highest BCUT2D eigenvalue weighted by atomic mass is 32.2. The molecule has 1 fully saturated rings. The lowest BCUT2D eigenvalue weighted by Crippen LogP contribution is -2.18. The number of carbonyl (C=O) groups excluding carboxylic acids is 2. The molecule has 2 aromatic rings. The fourth-order valence-corrected chi connectivity index (χ4v) is 4.44. The number of hydrogen-bond donors (Lipinski definition) is 0. The predicted octanol–water partition coefficient (Wildman–Crippen LogP) is 6.30. The maximum atomic E-state index is 13.0. The van der Waals surface area contributed by atoms with Crippen LogP contribution in [0.2, 0.25) is 0 Å². The lowest BCUT2D eigenvalue weighted by molar-refractivity contribution is -0.140. The van der Waals surface area contributed by atoms with E-state index in [9.17, 15) is 9.59 Å². The molecule has 0 atom stereocenters. The maximum absolute atomic E-state index is 13.0. The monoisotopic (exact) mass is 409 g/mol. The van der Waals surface area contributed by atoms with Gasteiger partial charge in [-0.05, 0) is 55.2 Å². The average Bonchev–Trinajstić information content (AvgIpc) is 2.75. The Morgan fingerprint density at radius 1 is 0.966 bits per heavy atom. The number of hydrogen-bond acceptors (Lipinski definition) is 5. The Kier molecular flexibility index (Phi) is 8.05. The lowest BCUT2D eigenvalue weighted by Gasteiger charge is -2.21. The van der Waals surface area contributed by atoms with Gasteiger partial charge in [0, 0.05) is 22.3 Å². The Balaban J connectivity index is 1.67. The highest BCUT2D eigenvalue weighted by Crippen LogP contribution is 2.29. The van der Waals surface area contributed by atoms with Crippen LogP contribution in [0.25, 0.3) is 0 Å². The van der Waals surface area contributed by atoms with Gasteiger partial charge < -0.3 is 4.84 Å². The van der Waals surface area contributed by atoms with Crippen LogP contribution < -0.4 is 0 Å². The summed E-state index contributed by atoms with van der Waals surface area (Å²) in [5.74, 6) is -0.0513. The van der Waals surface area contributed by atoms with Gasteiger partial charge in [0.2, 0.25) is 5.78 Å². The second-order valence-electron chi connectivity index (χ2n) is 7.43. The van der Waals surface area contributed by atoms with Crippen LogP contribution in [0.1, 0.15) is 62.2 Å². The van der Waals surface area contributed by atoms with Gasteiger partial charge in [0.1, 0.15) is 5.71 Å². The molecule has 0 saturated heterocycles. The highest BCUT2D eigenvalue weighted by Gasteiger charge is 2.20. The fraction of sp³-hybridized carbons (Fsp3) is 0.375. The van der Waals surface area contributed by atoms with Crippen LogP contribution in [0.15, 0.2) is 69.5 Å². The van der Waals surface area contributed by atoms with E-state index >= 15 is 0 Å². The van der Waals surface area contributed by atoms with Crippen molar-refractivity contribution >= 4 is 29.2 Å². The molecular formula is C24H27NO3S. The number of Topliss-reactive ketones (excluding diaryl/α,β-unsaturated/α-hetero) is 1. The normalized spacial score (nSPS) is 15.1. The van der Waals surface area contributed by atoms with Gasteiger partial charge in [-0.2, -0.15) is 0 Å². The van der Waals surface area contributed by atoms with Crippen LogP contribution >= 0.6 is 11.8 Å². The minimum Gasteiger partial charge on any atom is -0.318 e. The molecule has 0 unspecified atom stereocenters. The largest absolute Gasteiger partial charge is 0.331 e. The first kappa shape index (κ1) is 21.3. The molecule has 0 heterocycles. The van der Waals surface area contributed by atoms with Crippen LogP contribution in [-0.2, 0) is 9.63 Å². The van der Waals surface area contributed by atoms with E-state index in [0.717, 1.165) is 16.2 Å². The summed E-state index contributed by atoms with van der Waals surface area (Å²) < 4.78 is 0. The molecule has 1 aliphatic rings. The van der Waals surface area contributed by atoms with Gasteiger partial charge in [-0.1, -0.05) is 67.2 Å². The molecule has 152 valence electrons. The standard InChI is InChI=1S/C24H27NO3S/c1-18(26)28-25-23(17-12-19-8-4-2-5-9-19)24(27)20-13-15-22(16-14-20)29-21-10-6-3-7-11-21/h3,6-7,10-11,13-16,19H,2,4-5,8-9,12,17H2,1H3. The molecule has 0 aromatic heterocycles. The number of rotatable bonds is 8. The van der Waals surface area contributed by atoms with Crippen molar-refractivity contribution < 1.29 is 14.4 Å². The molecule has 29 heavy (non-hydrogen) atoms. The first-order valence-electron chi connectivity index (χ1n) is 10.2. The Labute approximate surface area is 176 Å². The zero-order valence-electron chi connectivity index (χ0n) is 16.8. The van der Waals surface area contributed by atoms with Crippen molar-refractivity contribution in [1.82, 2.24) is 0 Å². The number of ketones is 1. The van der Waals surface area contributed by atoms with Gasteiger partial charge in [-0.3, -0.25) is 4.79 Å². The summed E-state index contributed by atoms with van der Waals surface area (Å²) in [6.45, 7) is 1.29. The van der Waals surface area contributed by atoms with Crippen molar-refractivity contribution in [3.8, 4) is 0 Å². The molecule has 1 saturated carbocycles. The van der Waals surface area contributed by atoms with Gasteiger partial charge >= 0.3 is 5.97 Å². The molecule has 1 aliphatic carbocycles. The van der Waals surface area contributed by atoms with Gasteiger partial charge in [0.15, 0.2) is 0 Å². The number of nitrogens with zero attached hydrogens (tertiary/aromatic N) is 1. The molecule has 0 amide bonds. The van der Waals surface area contributed by atoms with Crippen LogP contribution in [0.3, 0.4) is 0 Å². The van der Waals surface area contributed by atoms with Crippen molar-refractivity contribution in [1.29, 1.82) is 0 Å². The summed E-state index contributed by atoms with van der Waals surface area (Å²) >= 11 is 1.65. The highest BCUT2D eigenvalue weighted by molar-refractivity contribution is 7.99. The van der Waals surface area contributed by atoms with Crippen molar-refractivity contribution in [2.24, 2.45) is 11.1 Å². The third kappa shape index (κ3) is 6.86. The van der Waals surface area contributed by atoms with E-state index in [2.05, 4.69) is 17.3 Å². The van der Waals surface area contributed by atoms with E-state index in [1.165, 1.54) is 39.0 Å². The van der Waals surface area contributed by atoms with E-state index in [1.807, 2.05) is 42.5 Å². The van der Waals surface area contributed by atoms with Crippen LogP contribution in [-0.4, -0.2) is 17.5 Å². The molecule has 4 nitrogen and oxygen atoms in total. The molecule has 0 aliphatic heterocycles. The maximum Gasteiger partial charge on any atom is 0.331 e. The van der Waals surface area contributed by atoms with Crippen molar-refractivity contribution in [3.63, 3.8) is 0 Å². The zero-order valence-corrected chi connectivity index (χ0v) is 17.6. The third-order valence-electron chi connectivity index (χ3n) is 5.16. The van der Waals surface area contributed by atoms with E-state index in [1.54, 1.807) is 11.8 Å². The molecule has 3 rings (SSSR count). The van der Waals surface area contributed by atoms with Gasteiger partial charge in [0.05, 0.1) is 0 Å². The van der Waals surface area contributed by atoms with Gasteiger partial charge in [-0.15, -0.1) is 0 Å². The predicted molar refractivity (Wildman–Crippen MR) is 116 cm³/mol. The molecule has 0 spiro atoms. The second-order valence-corrected chi connectivity index (χ2v) is 8.58. The fourth-order valence-electron chi connectivity index (χ4n) is 3.60. The number of oxime groups is 1. The second kappa shape index (κ2) is 11.0. The molecule has 0 N–H and O–H groups in total. The van der Waals surface area contributed by atoms with E-state index in [4.69, 9.17) is 4.84 Å². The molecule has 0 bridgehead atoms. The van der Waals surface area contributed by atoms with Crippen LogP contribution in [0.5, 0.6) is 0 Å². The zero-order chi connectivity index (χ0) is 20.5. The number of carbonyl (C=O) groups is 2. The summed E-state index contributed by atoms with van der Waals surface area (Å²) in [5.41, 5.74) is 0.895. The first-order valence-corrected chi connectivity index (χ1v) is 11.1. The van der Waals surface area contributed by atoms with Gasteiger partial charge in [-0.25, -0.2) is 4.79 Å². The smallest absolute Gasteiger partial charge is 0.318 e. The van der Waals surface area contributed by atoms with E-state index < -0.39 is 5.97 Å². The quantitative estimate of drug-likeness (QED) is 0.222. The summed E-state index contributed by atoms with van der Waals surface area (Å²) in [5, 5.41) is 3.89. The summed E-state index contributed by atoms with van der Waals surface area (Å²) in [4.78, 5) is 31.2. The SMILES string of the molecule is CC(=O)ON=C(CCC1CCCCC1)C(=O)c1ccc(Sc2ccccc2)cc1. The average molecular weight is 410 g/mol. The van der Waals surface area contributed by atoms with Crippen molar-refractivity contribution in [3.05, 3.63) is 60.2 Å². The molecule has 2 aromatic carbocycles. The van der Waals surface area contributed by atoms with E-state index in [-0.39, 0.29) is 5.78 Å².